The quantitative estimate of drug-likeness (QED) is 0.657. The first-order valence-corrected chi connectivity index (χ1v) is 10.8. The zero-order valence-electron chi connectivity index (χ0n) is 16.3. The molecule has 138 valence electrons. The second-order valence-corrected chi connectivity index (χ2v) is 11.6. The SMILES string of the molecule is COP(=O)(OC)C(SC)c1cc(C(C)(C)C)c(O)c(C(C)(C)C)c1. The molecule has 0 aliphatic heterocycles. The van der Waals surface area contributed by atoms with Gasteiger partial charge in [0.15, 0.2) is 0 Å². The molecule has 4 nitrogen and oxygen atoms in total. The Kier molecular flexibility index (Phi) is 6.66. The van der Waals surface area contributed by atoms with E-state index in [-0.39, 0.29) is 10.8 Å². The van der Waals surface area contributed by atoms with Gasteiger partial charge in [-0.3, -0.25) is 4.57 Å². The smallest absolute Gasteiger partial charge is 0.347 e. The summed E-state index contributed by atoms with van der Waals surface area (Å²) < 4.78 is 23.4. The van der Waals surface area contributed by atoms with Gasteiger partial charge in [-0.25, -0.2) is 0 Å². The third-order valence-electron chi connectivity index (χ3n) is 4.05. The van der Waals surface area contributed by atoms with Crippen LogP contribution in [0.25, 0.3) is 0 Å². The molecule has 0 saturated heterocycles. The molecule has 0 aliphatic carbocycles. The van der Waals surface area contributed by atoms with Crippen molar-refractivity contribution in [2.75, 3.05) is 20.5 Å². The summed E-state index contributed by atoms with van der Waals surface area (Å²) >= 11 is 1.43. The van der Waals surface area contributed by atoms with Crippen LogP contribution in [0.4, 0.5) is 0 Å². The van der Waals surface area contributed by atoms with Crippen LogP contribution < -0.4 is 0 Å². The van der Waals surface area contributed by atoms with E-state index in [0.29, 0.717) is 5.75 Å². The summed E-state index contributed by atoms with van der Waals surface area (Å²) in [7, 11) is -0.479. The molecule has 0 radical (unpaired) electrons. The molecule has 0 aliphatic rings. The lowest BCUT2D eigenvalue weighted by Crippen LogP contribution is -2.18. The first-order chi connectivity index (χ1) is 10.8. The van der Waals surface area contributed by atoms with Gasteiger partial charge < -0.3 is 14.2 Å². The molecule has 1 aromatic carbocycles. The fourth-order valence-electron chi connectivity index (χ4n) is 2.66. The molecule has 1 aromatic rings. The molecule has 1 rings (SSSR count). The number of aromatic hydroxyl groups is 1. The number of phenolic OH excluding ortho intramolecular Hbond substituents is 1. The van der Waals surface area contributed by atoms with E-state index in [2.05, 4.69) is 41.5 Å². The van der Waals surface area contributed by atoms with Crippen LogP contribution in [0.15, 0.2) is 12.1 Å². The molecule has 1 atom stereocenters. The fraction of sp³-hybridized carbons (Fsp3) is 0.667. The van der Waals surface area contributed by atoms with E-state index in [9.17, 15) is 9.67 Å². The van der Waals surface area contributed by atoms with Gasteiger partial charge in [0.05, 0.1) is 0 Å². The van der Waals surface area contributed by atoms with E-state index in [1.807, 2.05) is 18.4 Å². The molecule has 0 spiro atoms. The number of benzene rings is 1. The van der Waals surface area contributed by atoms with Crippen molar-refractivity contribution in [1.29, 1.82) is 0 Å². The molecule has 0 amide bonds. The zero-order chi connectivity index (χ0) is 18.9. The molecule has 6 heteroatoms. The van der Waals surface area contributed by atoms with Crippen LogP contribution in [0.5, 0.6) is 5.75 Å². The Labute approximate surface area is 150 Å². The molecule has 1 unspecified atom stereocenters. The average Bonchev–Trinajstić information content (AvgIpc) is 2.46. The Morgan fingerprint density at radius 2 is 1.38 bits per heavy atom. The van der Waals surface area contributed by atoms with Crippen molar-refractivity contribution >= 4 is 19.4 Å². The third kappa shape index (κ3) is 4.37. The molecule has 0 fully saturated rings. The Morgan fingerprint density at radius 3 is 1.62 bits per heavy atom. The lowest BCUT2D eigenvalue weighted by molar-refractivity contribution is 0.274. The predicted octanol–water partition coefficient (Wildman–Crippen LogP) is 5.83. The summed E-state index contributed by atoms with van der Waals surface area (Å²) in [6.07, 6.45) is 1.88. The monoisotopic (exact) mass is 374 g/mol. The van der Waals surface area contributed by atoms with Crippen LogP contribution >= 0.6 is 19.4 Å². The lowest BCUT2D eigenvalue weighted by Gasteiger charge is -2.30. The van der Waals surface area contributed by atoms with Crippen molar-refractivity contribution in [2.45, 2.75) is 57.4 Å². The molecular formula is C18H31O4PS. The van der Waals surface area contributed by atoms with Gasteiger partial charge in [0.1, 0.15) is 10.7 Å². The Morgan fingerprint density at radius 1 is 1.00 bits per heavy atom. The standard InChI is InChI=1S/C18H31O4PS/c1-17(2,3)13-10-12(11-14(15(13)19)18(4,5)6)16(24-9)23(20,21-7)22-8/h10-11,16,19H,1-9H3. The Bertz CT molecular complexity index is 586. The third-order valence-corrected chi connectivity index (χ3v) is 8.07. The molecule has 0 heterocycles. The number of thioether (sulfide) groups is 1. The zero-order valence-corrected chi connectivity index (χ0v) is 18.0. The van der Waals surface area contributed by atoms with Crippen LogP contribution in [-0.4, -0.2) is 25.6 Å². The number of phenols is 1. The highest BCUT2D eigenvalue weighted by Gasteiger charge is 2.37. The minimum absolute atomic E-state index is 0.243. The van der Waals surface area contributed by atoms with Gasteiger partial charge in [0, 0.05) is 14.2 Å². The minimum atomic E-state index is -3.29. The maximum Gasteiger partial charge on any atom is 0.347 e. The number of hydrogen-bond acceptors (Lipinski definition) is 5. The second-order valence-electron chi connectivity index (χ2n) is 7.96. The van der Waals surface area contributed by atoms with E-state index in [1.165, 1.54) is 26.0 Å². The summed E-state index contributed by atoms with van der Waals surface area (Å²) in [4.78, 5) is -0.449. The van der Waals surface area contributed by atoms with Crippen molar-refractivity contribution in [3.8, 4) is 5.75 Å². The Hall–Kier alpha value is -0.480. The lowest BCUT2D eigenvalue weighted by atomic mass is 9.78. The first-order valence-electron chi connectivity index (χ1n) is 7.93. The summed E-state index contributed by atoms with van der Waals surface area (Å²) in [6.45, 7) is 12.3. The maximum absolute atomic E-state index is 13.0. The molecule has 1 N–H and O–H groups in total. The van der Waals surface area contributed by atoms with Gasteiger partial charge in [0.2, 0.25) is 0 Å². The van der Waals surface area contributed by atoms with Crippen molar-refractivity contribution in [2.24, 2.45) is 0 Å². The summed E-state index contributed by atoms with van der Waals surface area (Å²) in [5.41, 5.74) is 2.04. The van der Waals surface area contributed by atoms with E-state index >= 15 is 0 Å². The van der Waals surface area contributed by atoms with Crippen molar-refractivity contribution < 1.29 is 18.7 Å². The van der Waals surface area contributed by atoms with Crippen LogP contribution in [0.3, 0.4) is 0 Å². The number of hydrogen-bond donors (Lipinski definition) is 1. The molecular weight excluding hydrogens is 343 g/mol. The maximum atomic E-state index is 13.0. The molecule has 0 bridgehead atoms. The molecule has 0 aromatic heterocycles. The van der Waals surface area contributed by atoms with Crippen molar-refractivity contribution in [3.63, 3.8) is 0 Å². The van der Waals surface area contributed by atoms with Crippen molar-refractivity contribution in [3.05, 3.63) is 28.8 Å². The highest BCUT2D eigenvalue weighted by Crippen LogP contribution is 2.64. The van der Waals surface area contributed by atoms with Crippen LogP contribution in [0.2, 0.25) is 0 Å². The summed E-state index contributed by atoms with van der Waals surface area (Å²) in [5, 5.41) is 10.8. The molecule has 0 saturated carbocycles. The van der Waals surface area contributed by atoms with Crippen molar-refractivity contribution in [1.82, 2.24) is 0 Å². The molecule has 24 heavy (non-hydrogen) atoms. The second kappa shape index (κ2) is 7.41. The van der Waals surface area contributed by atoms with Gasteiger partial charge in [-0.05, 0) is 45.9 Å². The highest BCUT2D eigenvalue weighted by molar-refractivity contribution is 8.04. The van der Waals surface area contributed by atoms with E-state index < -0.39 is 12.6 Å². The van der Waals surface area contributed by atoms with Gasteiger partial charge in [-0.2, -0.15) is 0 Å². The van der Waals surface area contributed by atoms with Crippen LogP contribution in [-0.2, 0) is 24.4 Å². The van der Waals surface area contributed by atoms with Crippen LogP contribution in [0.1, 0.15) is 63.2 Å². The van der Waals surface area contributed by atoms with E-state index in [1.54, 1.807) is 0 Å². The van der Waals surface area contributed by atoms with E-state index in [0.717, 1.165) is 16.7 Å². The predicted molar refractivity (Wildman–Crippen MR) is 103 cm³/mol. The van der Waals surface area contributed by atoms with Gasteiger partial charge in [-0.1, -0.05) is 41.5 Å². The van der Waals surface area contributed by atoms with Gasteiger partial charge in [0.25, 0.3) is 0 Å². The van der Waals surface area contributed by atoms with Gasteiger partial charge in [-0.15, -0.1) is 11.8 Å². The average molecular weight is 374 g/mol. The highest BCUT2D eigenvalue weighted by atomic mass is 32.2. The Balaban J connectivity index is 3.74. The minimum Gasteiger partial charge on any atom is -0.507 e. The first kappa shape index (κ1) is 21.6. The topological polar surface area (TPSA) is 55.8 Å². The summed E-state index contributed by atoms with van der Waals surface area (Å²) in [6, 6.07) is 3.85. The normalized spacial score (nSPS) is 14.7. The van der Waals surface area contributed by atoms with E-state index in [4.69, 9.17) is 9.05 Å². The largest absolute Gasteiger partial charge is 0.507 e. The van der Waals surface area contributed by atoms with Gasteiger partial charge >= 0.3 is 7.60 Å². The number of rotatable bonds is 5. The summed E-state index contributed by atoms with van der Waals surface area (Å²) in [5.74, 6) is 0.309. The fourth-order valence-corrected chi connectivity index (χ4v) is 5.66. The van der Waals surface area contributed by atoms with Crippen LogP contribution in [0, 0.1) is 0 Å².